The summed E-state index contributed by atoms with van der Waals surface area (Å²) >= 11 is 0. The second-order valence-corrected chi connectivity index (χ2v) is 8.95. The number of benzene rings is 2. The molecule has 0 spiro atoms. The zero-order valence-electron chi connectivity index (χ0n) is 16.0. The largest absolute Gasteiger partial charge is 0.437 e. The van der Waals surface area contributed by atoms with Gasteiger partial charge < -0.3 is 4.42 Å². The molecule has 4 rings (SSSR count). The van der Waals surface area contributed by atoms with Crippen LogP contribution in [-0.4, -0.2) is 36.8 Å². The Morgan fingerprint density at radius 3 is 2.63 bits per heavy atom. The number of sulfonamides is 1. The Balaban J connectivity index is 1.58. The standard InChI is InChI=1S/C20H18FN3O5S/c1-30(27,28)24-10-2-3-14-11-15(6-9-17(14)24)18(25)12-23-20(26)29-19(22-23)13-4-7-16(21)8-5-13/h4-9,11H,2-3,10,12H2,1H3. The molecule has 1 aliphatic rings. The molecule has 1 aliphatic heterocycles. The molecule has 156 valence electrons. The first kappa shape index (κ1) is 20.0. The van der Waals surface area contributed by atoms with Gasteiger partial charge in [-0.05, 0) is 60.9 Å². The Morgan fingerprint density at radius 2 is 1.93 bits per heavy atom. The van der Waals surface area contributed by atoms with Crippen LogP contribution in [0.3, 0.4) is 0 Å². The number of halogens is 1. The van der Waals surface area contributed by atoms with Crippen molar-refractivity contribution in [3.8, 4) is 11.5 Å². The van der Waals surface area contributed by atoms with Crippen LogP contribution in [0.4, 0.5) is 10.1 Å². The fourth-order valence-corrected chi connectivity index (χ4v) is 4.42. The number of Topliss-reactive ketones (excluding diaryl/α,β-unsaturated/α-hetero) is 1. The van der Waals surface area contributed by atoms with E-state index < -0.39 is 21.6 Å². The van der Waals surface area contributed by atoms with E-state index in [-0.39, 0.29) is 18.2 Å². The number of rotatable bonds is 5. The molecule has 30 heavy (non-hydrogen) atoms. The number of nitrogens with zero attached hydrogens (tertiary/aromatic N) is 3. The van der Waals surface area contributed by atoms with Crippen molar-refractivity contribution < 1.29 is 22.0 Å². The lowest BCUT2D eigenvalue weighted by Gasteiger charge is -2.29. The predicted octanol–water partition coefficient (Wildman–Crippen LogP) is 2.24. The molecule has 0 radical (unpaired) electrons. The SMILES string of the molecule is CS(=O)(=O)N1CCCc2cc(C(=O)Cn3nc(-c4ccc(F)cc4)oc3=O)ccc21. The van der Waals surface area contributed by atoms with Gasteiger partial charge in [0.1, 0.15) is 12.4 Å². The van der Waals surface area contributed by atoms with Crippen LogP contribution in [0.5, 0.6) is 0 Å². The summed E-state index contributed by atoms with van der Waals surface area (Å²) in [7, 11) is -3.40. The fourth-order valence-electron chi connectivity index (χ4n) is 3.42. The molecule has 0 atom stereocenters. The third-order valence-electron chi connectivity index (χ3n) is 4.87. The normalized spacial score (nSPS) is 13.9. The molecule has 0 unspecified atom stereocenters. The minimum atomic E-state index is -3.40. The van der Waals surface area contributed by atoms with Crippen molar-refractivity contribution in [1.82, 2.24) is 9.78 Å². The van der Waals surface area contributed by atoms with E-state index in [4.69, 9.17) is 4.42 Å². The summed E-state index contributed by atoms with van der Waals surface area (Å²) in [5.74, 6) is -1.61. The zero-order valence-corrected chi connectivity index (χ0v) is 16.9. The molecule has 0 bridgehead atoms. The first-order valence-corrected chi connectivity index (χ1v) is 11.0. The highest BCUT2D eigenvalue weighted by molar-refractivity contribution is 7.92. The molecular formula is C20H18FN3O5S. The highest BCUT2D eigenvalue weighted by atomic mass is 32.2. The molecule has 1 aromatic heterocycles. The van der Waals surface area contributed by atoms with Crippen LogP contribution >= 0.6 is 0 Å². The van der Waals surface area contributed by atoms with Crippen LogP contribution in [0.25, 0.3) is 11.5 Å². The van der Waals surface area contributed by atoms with Crippen LogP contribution in [-0.2, 0) is 23.0 Å². The van der Waals surface area contributed by atoms with Gasteiger partial charge in [-0.3, -0.25) is 9.10 Å². The first-order valence-electron chi connectivity index (χ1n) is 9.20. The molecule has 0 fully saturated rings. The van der Waals surface area contributed by atoms with Crippen molar-refractivity contribution >= 4 is 21.5 Å². The molecule has 0 amide bonds. The molecule has 8 nitrogen and oxygen atoms in total. The van der Waals surface area contributed by atoms with Gasteiger partial charge in [0.25, 0.3) is 0 Å². The molecule has 10 heteroatoms. The van der Waals surface area contributed by atoms with Gasteiger partial charge in [0.2, 0.25) is 15.9 Å². The topological polar surface area (TPSA) is 102 Å². The summed E-state index contributed by atoms with van der Waals surface area (Å²) in [6, 6.07) is 10.1. The van der Waals surface area contributed by atoms with Crippen LogP contribution in [0.2, 0.25) is 0 Å². The Bertz CT molecular complexity index is 1280. The maximum absolute atomic E-state index is 13.1. The summed E-state index contributed by atoms with van der Waals surface area (Å²) in [4.78, 5) is 24.8. The smallest absolute Gasteiger partial charge is 0.388 e. The summed E-state index contributed by atoms with van der Waals surface area (Å²) in [6.45, 7) is 0.0672. The van der Waals surface area contributed by atoms with Crippen molar-refractivity contribution in [2.45, 2.75) is 19.4 Å². The number of aromatic nitrogens is 2. The number of carbonyl (C=O) groups excluding carboxylic acids is 1. The van der Waals surface area contributed by atoms with Crippen molar-refractivity contribution in [1.29, 1.82) is 0 Å². The van der Waals surface area contributed by atoms with Gasteiger partial charge in [-0.1, -0.05) is 0 Å². The molecule has 0 N–H and O–H groups in total. The number of fused-ring (bicyclic) bond motifs is 1. The Morgan fingerprint density at radius 1 is 1.20 bits per heavy atom. The molecule has 2 aromatic carbocycles. The molecule has 3 aromatic rings. The van der Waals surface area contributed by atoms with Gasteiger partial charge in [0, 0.05) is 17.7 Å². The van der Waals surface area contributed by atoms with E-state index in [1.165, 1.54) is 34.6 Å². The summed E-state index contributed by atoms with van der Waals surface area (Å²) in [6.07, 6.45) is 2.46. The van der Waals surface area contributed by atoms with Crippen LogP contribution < -0.4 is 10.1 Å². The third kappa shape index (κ3) is 3.90. The van der Waals surface area contributed by atoms with Crippen molar-refractivity contribution in [2.24, 2.45) is 0 Å². The summed E-state index contributed by atoms with van der Waals surface area (Å²) in [5, 5.41) is 4.01. The average molecular weight is 431 g/mol. The predicted molar refractivity (Wildman–Crippen MR) is 107 cm³/mol. The van der Waals surface area contributed by atoms with Gasteiger partial charge in [0.05, 0.1) is 11.9 Å². The van der Waals surface area contributed by atoms with E-state index in [0.717, 1.165) is 16.5 Å². The van der Waals surface area contributed by atoms with Crippen molar-refractivity contribution in [2.75, 3.05) is 17.1 Å². The molecule has 0 aliphatic carbocycles. The third-order valence-corrected chi connectivity index (χ3v) is 6.05. The van der Waals surface area contributed by atoms with E-state index in [1.807, 2.05) is 0 Å². The first-order chi connectivity index (χ1) is 14.2. The van der Waals surface area contributed by atoms with E-state index >= 15 is 0 Å². The molecular weight excluding hydrogens is 413 g/mol. The number of hydrogen-bond donors (Lipinski definition) is 0. The van der Waals surface area contributed by atoms with Crippen LogP contribution in [0.15, 0.2) is 51.7 Å². The van der Waals surface area contributed by atoms with Crippen LogP contribution in [0.1, 0.15) is 22.3 Å². The number of aryl methyl sites for hydroxylation is 1. The quantitative estimate of drug-likeness (QED) is 0.574. The van der Waals surface area contributed by atoms with Crippen molar-refractivity contribution in [3.63, 3.8) is 0 Å². The lowest BCUT2D eigenvalue weighted by Crippen LogP contribution is -2.34. The summed E-state index contributed by atoms with van der Waals surface area (Å²) < 4.78 is 44.3. The minimum Gasteiger partial charge on any atom is -0.388 e. The number of anilines is 1. The second-order valence-electron chi connectivity index (χ2n) is 7.04. The van der Waals surface area contributed by atoms with Crippen LogP contribution in [0, 0.1) is 5.82 Å². The van der Waals surface area contributed by atoms with Crippen molar-refractivity contribution in [3.05, 3.63) is 70.0 Å². The Labute approximate surface area is 171 Å². The molecule has 0 saturated heterocycles. The van der Waals surface area contributed by atoms with Gasteiger partial charge in [-0.25, -0.2) is 17.6 Å². The van der Waals surface area contributed by atoms with E-state index in [1.54, 1.807) is 12.1 Å². The van der Waals surface area contributed by atoms with Gasteiger partial charge >= 0.3 is 5.76 Å². The average Bonchev–Trinajstić information content (AvgIpc) is 3.07. The lowest BCUT2D eigenvalue weighted by molar-refractivity contribution is 0.0964. The van der Waals surface area contributed by atoms with Gasteiger partial charge in [-0.2, -0.15) is 4.68 Å². The summed E-state index contributed by atoms with van der Waals surface area (Å²) in [5.41, 5.74) is 2.09. The minimum absolute atomic E-state index is 0.0120. The van der Waals surface area contributed by atoms with E-state index in [0.29, 0.717) is 36.2 Å². The number of hydrogen-bond acceptors (Lipinski definition) is 6. The fraction of sp³-hybridized carbons (Fsp3) is 0.250. The van der Waals surface area contributed by atoms with Gasteiger partial charge in [-0.15, -0.1) is 5.10 Å². The zero-order chi connectivity index (χ0) is 21.5. The maximum atomic E-state index is 13.1. The highest BCUT2D eigenvalue weighted by Gasteiger charge is 2.25. The lowest BCUT2D eigenvalue weighted by atomic mass is 9.99. The molecule has 2 heterocycles. The molecule has 0 saturated carbocycles. The Hall–Kier alpha value is -3.27. The number of ketones is 1. The Kier molecular flexibility index (Phi) is 5.02. The monoisotopic (exact) mass is 431 g/mol. The van der Waals surface area contributed by atoms with Gasteiger partial charge in [0.15, 0.2) is 5.78 Å². The maximum Gasteiger partial charge on any atom is 0.437 e. The highest BCUT2D eigenvalue weighted by Crippen LogP contribution is 2.30. The second kappa shape index (κ2) is 7.52. The van der Waals surface area contributed by atoms with E-state index in [9.17, 15) is 22.4 Å². The van der Waals surface area contributed by atoms with E-state index in [2.05, 4.69) is 5.10 Å². The number of carbonyl (C=O) groups is 1.